The molecule has 2 aliphatic rings. The zero-order valence-electron chi connectivity index (χ0n) is 10.0. The molecule has 2 atom stereocenters. The molecule has 0 saturated heterocycles. The van der Waals surface area contributed by atoms with Gasteiger partial charge in [0.05, 0.1) is 0 Å². The summed E-state index contributed by atoms with van der Waals surface area (Å²) in [5.41, 5.74) is 0. The van der Waals surface area contributed by atoms with Crippen molar-refractivity contribution in [2.24, 2.45) is 5.92 Å². The van der Waals surface area contributed by atoms with Crippen molar-refractivity contribution in [1.29, 1.82) is 0 Å². The summed E-state index contributed by atoms with van der Waals surface area (Å²) in [5, 5.41) is 3.76. The van der Waals surface area contributed by atoms with Crippen molar-refractivity contribution < 1.29 is 0 Å². The molecule has 0 aromatic carbocycles. The van der Waals surface area contributed by atoms with Gasteiger partial charge in [-0.2, -0.15) is 0 Å². The lowest BCUT2D eigenvalue weighted by Crippen LogP contribution is -2.37. The fourth-order valence-electron chi connectivity index (χ4n) is 3.13. The molecule has 0 bridgehead atoms. The molecule has 1 nitrogen and oxygen atoms in total. The molecular weight excluding hydrogens is 182 g/mol. The summed E-state index contributed by atoms with van der Waals surface area (Å²) in [4.78, 5) is 0. The molecule has 86 valence electrons. The van der Waals surface area contributed by atoms with Crippen LogP contribution in [0, 0.1) is 5.92 Å². The molecule has 0 aromatic heterocycles. The van der Waals surface area contributed by atoms with Crippen LogP contribution in [0.4, 0.5) is 0 Å². The van der Waals surface area contributed by atoms with Gasteiger partial charge in [-0.1, -0.05) is 37.8 Å². The summed E-state index contributed by atoms with van der Waals surface area (Å²) in [5.74, 6) is 1.01. The molecular formula is C14H25N. The number of nitrogens with one attached hydrogen (secondary N) is 1. The van der Waals surface area contributed by atoms with Crippen LogP contribution in [0.3, 0.4) is 0 Å². The molecule has 1 fully saturated rings. The van der Waals surface area contributed by atoms with Gasteiger partial charge in [0.1, 0.15) is 0 Å². The minimum atomic E-state index is 0.662. The first-order chi connectivity index (χ1) is 7.34. The predicted octanol–water partition coefficient (Wildman–Crippen LogP) is 3.65. The zero-order valence-corrected chi connectivity index (χ0v) is 10.0. The second-order valence-corrected chi connectivity index (χ2v) is 5.42. The SMILES string of the molecule is CC(CC1CCCC1)NC1C=CCCC1. The third-order valence-corrected chi connectivity index (χ3v) is 3.91. The Kier molecular flexibility index (Phi) is 4.25. The largest absolute Gasteiger partial charge is 0.308 e. The van der Waals surface area contributed by atoms with E-state index < -0.39 is 0 Å². The summed E-state index contributed by atoms with van der Waals surface area (Å²) >= 11 is 0. The van der Waals surface area contributed by atoms with Gasteiger partial charge in [-0.05, 0) is 38.5 Å². The molecule has 1 saturated carbocycles. The molecule has 2 aliphatic carbocycles. The van der Waals surface area contributed by atoms with Crippen LogP contribution in [0.25, 0.3) is 0 Å². The minimum Gasteiger partial charge on any atom is -0.308 e. The molecule has 0 aliphatic heterocycles. The van der Waals surface area contributed by atoms with Crippen molar-refractivity contribution in [3.63, 3.8) is 0 Å². The molecule has 0 radical (unpaired) electrons. The first kappa shape index (κ1) is 11.2. The van der Waals surface area contributed by atoms with Crippen LogP contribution in [-0.4, -0.2) is 12.1 Å². The Bertz CT molecular complexity index is 203. The van der Waals surface area contributed by atoms with E-state index in [9.17, 15) is 0 Å². The van der Waals surface area contributed by atoms with Crippen LogP contribution >= 0.6 is 0 Å². The summed E-state index contributed by atoms with van der Waals surface area (Å²) in [7, 11) is 0. The second-order valence-electron chi connectivity index (χ2n) is 5.42. The standard InChI is InChI=1S/C14H25N/c1-12(11-13-7-5-6-8-13)15-14-9-3-2-4-10-14/h3,9,12-15H,2,4-8,10-11H2,1H3. The number of rotatable bonds is 4. The van der Waals surface area contributed by atoms with E-state index in [-0.39, 0.29) is 0 Å². The highest BCUT2D eigenvalue weighted by Gasteiger charge is 2.19. The Morgan fingerprint density at radius 2 is 2.00 bits per heavy atom. The van der Waals surface area contributed by atoms with Gasteiger partial charge in [0.15, 0.2) is 0 Å². The highest BCUT2D eigenvalue weighted by Crippen LogP contribution is 2.28. The summed E-state index contributed by atoms with van der Waals surface area (Å²) in [6, 6.07) is 1.37. The van der Waals surface area contributed by atoms with Gasteiger partial charge in [-0.3, -0.25) is 0 Å². The maximum atomic E-state index is 3.76. The molecule has 2 unspecified atom stereocenters. The van der Waals surface area contributed by atoms with E-state index >= 15 is 0 Å². The van der Waals surface area contributed by atoms with Crippen molar-refractivity contribution in [1.82, 2.24) is 5.32 Å². The van der Waals surface area contributed by atoms with Gasteiger partial charge in [0.2, 0.25) is 0 Å². The third-order valence-electron chi connectivity index (χ3n) is 3.91. The van der Waals surface area contributed by atoms with Crippen molar-refractivity contribution in [2.45, 2.75) is 70.4 Å². The highest BCUT2D eigenvalue weighted by atomic mass is 14.9. The van der Waals surface area contributed by atoms with E-state index in [0.717, 1.165) is 5.92 Å². The monoisotopic (exact) mass is 207 g/mol. The first-order valence-electron chi connectivity index (χ1n) is 6.77. The second kappa shape index (κ2) is 5.69. The van der Waals surface area contributed by atoms with Crippen LogP contribution in [-0.2, 0) is 0 Å². The van der Waals surface area contributed by atoms with Crippen LogP contribution in [0.1, 0.15) is 58.3 Å². The summed E-state index contributed by atoms with van der Waals surface area (Å²) in [6.45, 7) is 2.36. The van der Waals surface area contributed by atoms with Crippen molar-refractivity contribution in [3.8, 4) is 0 Å². The third kappa shape index (κ3) is 3.64. The zero-order chi connectivity index (χ0) is 10.5. The lowest BCUT2D eigenvalue weighted by atomic mass is 9.97. The molecule has 1 heteroatoms. The Balaban J connectivity index is 1.68. The molecule has 0 amide bonds. The fourth-order valence-corrected chi connectivity index (χ4v) is 3.13. The van der Waals surface area contributed by atoms with Crippen LogP contribution in [0.15, 0.2) is 12.2 Å². The van der Waals surface area contributed by atoms with E-state index in [4.69, 9.17) is 0 Å². The lowest BCUT2D eigenvalue weighted by molar-refractivity contribution is 0.375. The topological polar surface area (TPSA) is 12.0 Å². The Labute approximate surface area is 94.3 Å². The van der Waals surface area contributed by atoms with Gasteiger partial charge in [0.25, 0.3) is 0 Å². The molecule has 15 heavy (non-hydrogen) atoms. The molecule has 0 aromatic rings. The first-order valence-corrected chi connectivity index (χ1v) is 6.77. The molecule has 1 N–H and O–H groups in total. The fraction of sp³-hybridized carbons (Fsp3) is 0.857. The van der Waals surface area contributed by atoms with E-state index in [1.54, 1.807) is 0 Å². The molecule has 2 rings (SSSR count). The van der Waals surface area contributed by atoms with Crippen molar-refractivity contribution in [2.75, 3.05) is 0 Å². The van der Waals surface area contributed by atoms with E-state index in [0.29, 0.717) is 12.1 Å². The van der Waals surface area contributed by atoms with Gasteiger partial charge in [-0.15, -0.1) is 0 Å². The maximum absolute atomic E-state index is 3.76. The average molecular weight is 207 g/mol. The van der Waals surface area contributed by atoms with Crippen LogP contribution in [0.2, 0.25) is 0 Å². The number of hydrogen-bond donors (Lipinski definition) is 1. The normalized spacial score (nSPS) is 29.5. The lowest BCUT2D eigenvalue weighted by Gasteiger charge is -2.24. The number of hydrogen-bond acceptors (Lipinski definition) is 1. The molecule has 0 heterocycles. The Hall–Kier alpha value is -0.300. The summed E-state index contributed by atoms with van der Waals surface area (Å²) < 4.78 is 0. The quantitative estimate of drug-likeness (QED) is 0.694. The van der Waals surface area contributed by atoms with Crippen molar-refractivity contribution >= 4 is 0 Å². The van der Waals surface area contributed by atoms with Gasteiger partial charge < -0.3 is 5.32 Å². The smallest absolute Gasteiger partial charge is 0.0252 e. The molecule has 0 spiro atoms. The minimum absolute atomic E-state index is 0.662. The Morgan fingerprint density at radius 1 is 1.20 bits per heavy atom. The van der Waals surface area contributed by atoms with E-state index in [1.165, 1.54) is 51.4 Å². The van der Waals surface area contributed by atoms with Gasteiger partial charge >= 0.3 is 0 Å². The summed E-state index contributed by atoms with van der Waals surface area (Å²) in [6.07, 6.45) is 16.0. The van der Waals surface area contributed by atoms with Crippen molar-refractivity contribution in [3.05, 3.63) is 12.2 Å². The number of allylic oxidation sites excluding steroid dienone is 1. The van der Waals surface area contributed by atoms with Crippen LogP contribution in [0.5, 0.6) is 0 Å². The van der Waals surface area contributed by atoms with E-state index in [2.05, 4.69) is 24.4 Å². The van der Waals surface area contributed by atoms with E-state index in [1.807, 2.05) is 0 Å². The van der Waals surface area contributed by atoms with Gasteiger partial charge in [0, 0.05) is 12.1 Å². The highest BCUT2D eigenvalue weighted by molar-refractivity contribution is 4.98. The average Bonchev–Trinajstić information content (AvgIpc) is 2.71. The van der Waals surface area contributed by atoms with Crippen LogP contribution < -0.4 is 5.32 Å². The Morgan fingerprint density at radius 3 is 2.67 bits per heavy atom. The predicted molar refractivity (Wildman–Crippen MR) is 66.0 cm³/mol. The van der Waals surface area contributed by atoms with Gasteiger partial charge in [-0.25, -0.2) is 0 Å². The maximum Gasteiger partial charge on any atom is 0.0252 e.